The van der Waals surface area contributed by atoms with Crippen LogP contribution in [0.15, 0.2) is 18.2 Å². The monoisotopic (exact) mass is 161 g/mol. The Kier molecular flexibility index (Phi) is 2.64. The lowest BCUT2D eigenvalue weighted by molar-refractivity contribution is 0.562. The second-order valence-corrected chi connectivity index (χ2v) is 3.33. The van der Waals surface area contributed by atoms with E-state index in [1.165, 1.54) is 11.1 Å². The van der Waals surface area contributed by atoms with Crippen LogP contribution in [-0.2, 0) is 4.79 Å². The zero-order chi connectivity index (χ0) is 9.14. The van der Waals surface area contributed by atoms with Gasteiger partial charge in [0.1, 0.15) is 0 Å². The van der Waals surface area contributed by atoms with E-state index in [0.29, 0.717) is 11.5 Å². The summed E-state index contributed by atoms with van der Waals surface area (Å²) >= 11 is 0. The van der Waals surface area contributed by atoms with Crippen LogP contribution in [0.4, 0.5) is 0 Å². The third-order valence-electron chi connectivity index (χ3n) is 2.02. The Balaban J connectivity index is 3.16. The summed E-state index contributed by atoms with van der Waals surface area (Å²) in [5.41, 5.74) is 3.11. The molecule has 0 bridgehead atoms. The fraction of sp³-hybridized carbons (Fsp3) is 0.364. The van der Waals surface area contributed by atoms with E-state index >= 15 is 0 Å². The molecule has 1 nitrogen and oxygen atoms in total. The fourth-order valence-electron chi connectivity index (χ4n) is 1.33. The van der Waals surface area contributed by atoms with Crippen molar-refractivity contribution in [1.82, 2.24) is 0 Å². The Morgan fingerprint density at radius 3 is 2.50 bits per heavy atom. The standard InChI is InChI=1S/C11H13O/c1-8(2)11-6-10(7-12)5-4-9(11)3/h4-6,8H,1-3H3. The summed E-state index contributed by atoms with van der Waals surface area (Å²) in [5, 5.41) is 0. The second kappa shape index (κ2) is 3.53. The summed E-state index contributed by atoms with van der Waals surface area (Å²) < 4.78 is 0. The maximum Gasteiger partial charge on any atom is 0.233 e. The second-order valence-electron chi connectivity index (χ2n) is 3.33. The lowest BCUT2D eigenvalue weighted by Gasteiger charge is -2.09. The molecular weight excluding hydrogens is 148 g/mol. The van der Waals surface area contributed by atoms with Crippen LogP contribution in [0, 0.1) is 6.92 Å². The Morgan fingerprint density at radius 2 is 2.00 bits per heavy atom. The Hall–Kier alpha value is -1.11. The van der Waals surface area contributed by atoms with Crippen LogP contribution in [0.2, 0.25) is 0 Å². The molecule has 63 valence electrons. The molecule has 0 unspecified atom stereocenters. The Labute approximate surface area is 73.4 Å². The van der Waals surface area contributed by atoms with E-state index in [9.17, 15) is 4.79 Å². The van der Waals surface area contributed by atoms with Crippen LogP contribution < -0.4 is 0 Å². The van der Waals surface area contributed by atoms with Crippen LogP contribution in [0.25, 0.3) is 0 Å². The third-order valence-corrected chi connectivity index (χ3v) is 2.02. The first-order valence-electron chi connectivity index (χ1n) is 4.14. The van der Waals surface area contributed by atoms with E-state index < -0.39 is 0 Å². The molecule has 0 saturated heterocycles. The van der Waals surface area contributed by atoms with Gasteiger partial charge in [0.2, 0.25) is 6.29 Å². The lowest BCUT2D eigenvalue weighted by Crippen LogP contribution is -1.93. The van der Waals surface area contributed by atoms with Crippen molar-refractivity contribution in [2.45, 2.75) is 26.7 Å². The van der Waals surface area contributed by atoms with E-state index in [1.807, 2.05) is 18.4 Å². The van der Waals surface area contributed by atoms with Gasteiger partial charge in [-0.05, 0) is 30.0 Å². The predicted molar refractivity (Wildman–Crippen MR) is 50.1 cm³/mol. The molecule has 1 rings (SSSR count). The SMILES string of the molecule is Cc1ccc([C]=O)cc1C(C)C. The van der Waals surface area contributed by atoms with Gasteiger partial charge in [-0.1, -0.05) is 26.0 Å². The molecule has 1 heteroatoms. The molecule has 0 aromatic heterocycles. The molecule has 0 heterocycles. The molecule has 0 aliphatic heterocycles. The maximum atomic E-state index is 10.4. The maximum absolute atomic E-state index is 10.4. The largest absolute Gasteiger partial charge is 0.285 e. The summed E-state index contributed by atoms with van der Waals surface area (Å²) in [6.45, 7) is 6.30. The quantitative estimate of drug-likeness (QED) is 0.651. The molecule has 0 spiro atoms. The van der Waals surface area contributed by atoms with E-state index in [-0.39, 0.29) is 0 Å². The van der Waals surface area contributed by atoms with Gasteiger partial charge in [0.05, 0.1) is 0 Å². The molecule has 1 aromatic rings. The number of carbonyl (C=O) groups excluding carboxylic acids is 1. The van der Waals surface area contributed by atoms with Crippen molar-refractivity contribution in [3.63, 3.8) is 0 Å². The van der Waals surface area contributed by atoms with Gasteiger partial charge in [-0.25, -0.2) is 0 Å². The van der Waals surface area contributed by atoms with Gasteiger partial charge in [0.15, 0.2) is 0 Å². The molecule has 0 amide bonds. The van der Waals surface area contributed by atoms with Crippen LogP contribution in [-0.4, -0.2) is 6.29 Å². The van der Waals surface area contributed by atoms with Crippen molar-refractivity contribution in [2.75, 3.05) is 0 Å². The fourth-order valence-corrected chi connectivity index (χ4v) is 1.33. The number of hydrogen-bond acceptors (Lipinski definition) is 1. The zero-order valence-electron chi connectivity index (χ0n) is 7.72. The highest BCUT2D eigenvalue weighted by Crippen LogP contribution is 2.19. The molecule has 12 heavy (non-hydrogen) atoms. The number of hydrogen-bond donors (Lipinski definition) is 0. The third kappa shape index (κ3) is 1.73. The van der Waals surface area contributed by atoms with Crippen molar-refractivity contribution < 1.29 is 4.79 Å². The molecule has 0 aliphatic rings. The summed E-state index contributed by atoms with van der Waals surface area (Å²) in [6, 6.07) is 5.68. The van der Waals surface area contributed by atoms with E-state index in [2.05, 4.69) is 20.8 Å². The molecule has 0 N–H and O–H groups in total. The zero-order valence-corrected chi connectivity index (χ0v) is 7.72. The minimum Gasteiger partial charge on any atom is -0.285 e. The highest BCUT2D eigenvalue weighted by molar-refractivity contribution is 5.75. The van der Waals surface area contributed by atoms with Gasteiger partial charge in [-0.2, -0.15) is 0 Å². The number of benzene rings is 1. The van der Waals surface area contributed by atoms with Gasteiger partial charge in [-0.3, -0.25) is 4.79 Å². The molecule has 0 saturated carbocycles. The lowest BCUT2D eigenvalue weighted by atomic mass is 9.96. The number of rotatable bonds is 2. The summed E-state index contributed by atoms with van der Waals surface area (Å²) in [6.07, 6.45) is 1.90. The number of aryl methyl sites for hydroxylation is 1. The topological polar surface area (TPSA) is 17.1 Å². The summed E-state index contributed by atoms with van der Waals surface area (Å²) in [4.78, 5) is 10.4. The van der Waals surface area contributed by atoms with Crippen LogP contribution in [0.1, 0.15) is 36.5 Å². The van der Waals surface area contributed by atoms with Gasteiger partial charge in [0.25, 0.3) is 0 Å². The molecule has 0 atom stereocenters. The van der Waals surface area contributed by atoms with Crippen LogP contribution in [0.3, 0.4) is 0 Å². The molecule has 0 fully saturated rings. The first-order valence-corrected chi connectivity index (χ1v) is 4.14. The van der Waals surface area contributed by atoms with Crippen molar-refractivity contribution >= 4 is 6.29 Å². The highest BCUT2D eigenvalue weighted by atomic mass is 16.1. The molecular formula is C11H13O. The van der Waals surface area contributed by atoms with E-state index in [1.54, 1.807) is 6.07 Å². The first-order chi connectivity index (χ1) is 5.65. The van der Waals surface area contributed by atoms with Gasteiger partial charge >= 0.3 is 0 Å². The molecule has 1 aromatic carbocycles. The van der Waals surface area contributed by atoms with Crippen molar-refractivity contribution in [2.24, 2.45) is 0 Å². The molecule has 0 aliphatic carbocycles. The normalized spacial score (nSPS) is 10.3. The Bertz CT molecular complexity index is 287. The van der Waals surface area contributed by atoms with Crippen molar-refractivity contribution in [3.05, 3.63) is 34.9 Å². The van der Waals surface area contributed by atoms with E-state index in [4.69, 9.17) is 0 Å². The van der Waals surface area contributed by atoms with Gasteiger partial charge in [-0.15, -0.1) is 0 Å². The Morgan fingerprint density at radius 1 is 1.33 bits per heavy atom. The smallest absolute Gasteiger partial charge is 0.233 e. The summed E-state index contributed by atoms with van der Waals surface area (Å²) in [5.74, 6) is 0.471. The highest BCUT2D eigenvalue weighted by Gasteiger charge is 2.03. The van der Waals surface area contributed by atoms with Gasteiger partial charge < -0.3 is 0 Å². The minimum absolute atomic E-state index is 0.471. The average Bonchev–Trinajstić information content (AvgIpc) is 2.05. The van der Waals surface area contributed by atoms with Gasteiger partial charge in [0, 0.05) is 5.56 Å². The van der Waals surface area contributed by atoms with Crippen LogP contribution >= 0.6 is 0 Å². The van der Waals surface area contributed by atoms with E-state index in [0.717, 1.165) is 0 Å². The first kappa shape index (κ1) is 8.98. The minimum atomic E-state index is 0.471. The van der Waals surface area contributed by atoms with Crippen molar-refractivity contribution in [1.29, 1.82) is 0 Å². The average molecular weight is 161 g/mol. The summed E-state index contributed by atoms with van der Waals surface area (Å²) in [7, 11) is 0. The van der Waals surface area contributed by atoms with Crippen LogP contribution in [0.5, 0.6) is 0 Å². The molecule has 1 radical (unpaired) electrons. The van der Waals surface area contributed by atoms with Crippen molar-refractivity contribution in [3.8, 4) is 0 Å². The predicted octanol–water partition coefficient (Wildman–Crippen LogP) is 2.58.